The Balaban J connectivity index is 0.000000183. The van der Waals surface area contributed by atoms with Crippen LogP contribution >= 0.6 is 23.2 Å². The number of nitrogen functional groups attached to an aromatic ring is 1. The average molecular weight is 1920 g/mol. The number of primary amides is 1. The smallest absolute Gasteiger partial charge is 0.276 e. The summed E-state index contributed by atoms with van der Waals surface area (Å²) in [6.07, 6.45) is 11.8. The number of fused-ring (bicyclic) bond motifs is 7. The number of aliphatic hydroxyl groups is 1. The molecule has 9 aromatic heterocycles. The van der Waals surface area contributed by atoms with Crippen LogP contribution in [0.5, 0.6) is 0 Å². The average Bonchev–Trinajstić information content (AvgIpc) is 1.57. The van der Waals surface area contributed by atoms with Crippen LogP contribution in [0.4, 0.5) is 40.3 Å². The molecule has 3 aromatic carbocycles. The molecule has 48 nitrogen and oxygen atoms in total. The molecule has 0 saturated heterocycles. The molecule has 0 saturated carbocycles. The molecule has 23 N–H and O–H groups in total. The number of amides is 11. The van der Waals surface area contributed by atoms with Crippen LogP contribution in [0.2, 0.25) is 10.0 Å². The zero-order valence-electron chi connectivity index (χ0n) is 72.5. The van der Waals surface area contributed by atoms with Crippen molar-refractivity contribution < 1.29 is 68.1 Å². The van der Waals surface area contributed by atoms with Crippen LogP contribution in [0.15, 0.2) is 232 Å². The van der Waals surface area contributed by atoms with Crippen LogP contribution in [0.25, 0.3) is 0 Å². The van der Waals surface area contributed by atoms with E-state index in [0.717, 1.165) is 21.8 Å². The van der Waals surface area contributed by atoms with Crippen LogP contribution in [0.1, 0.15) is 157 Å². The Bertz CT molecular complexity index is 6780. The fourth-order valence-electron chi connectivity index (χ4n) is 14.4. The zero-order valence-corrected chi connectivity index (χ0v) is 74.0. The van der Waals surface area contributed by atoms with E-state index in [1.54, 1.807) is 168 Å². The van der Waals surface area contributed by atoms with Crippen LogP contribution in [-0.2, 0) is 27.4 Å². The summed E-state index contributed by atoms with van der Waals surface area (Å²) in [5.41, 5.74) is 18.5. The Morgan fingerprint density at radius 3 is 0.949 bits per heavy atom. The molecule has 0 bridgehead atoms. The maximum atomic E-state index is 13.3. The summed E-state index contributed by atoms with van der Waals surface area (Å²) in [7, 11) is 1.00. The molecule has 19 rings (SSSR count). The molecule has 11 amide bonds. The third kappa shape index (κ3) is 21.7. The molecule has 0 radical (unpaired) electrons. The number of aromatic nitrogens is 13. The Labute approximate surface area is 784 Å². The maximum Gasteiger partial charge on any atom is 0.276 e. The van der Waals surface area contributed by atoms with E-state index in [1.165, 1.54) is 93.1 Å². The van der Waals surface area contributed by atoms with Gasteiger partial charge in [-0.1, -0.05) is 67.0 Å². The highest BCUT2D eigenvalue weighted by molar-refractivity contribution is 6.31. The van der Waals surface area contributed by atoms with Gasteiger partial charge in [0, 0.05) is 45.0 Å². The molecule has 137 heavy (non-hydrogen) atoms. The lowest BCUT2D eigenvalue weighted by Crippen LogP contribution is -2.54. The number of aliphatic hydroxyl groups excluding tert-OH is 1. The van der Waals surface area contributed by atoms with Gasteiger partial charge in [0.1, 0.15) is 133 Å². The number of hydrogen-bond acceptors (Lipinski definition) is 34. The highest BCUT2D eigenvalue weighted by Crippen LogP contribution is 2.33. The molecule has 4 unspecified atom stereocenters. The number of pyridine rings is 5. The lowest BCUT2D eigenvalue weighted by atomic mass is 10.1. The minimum absolute atomic E-state index is 0. The van der Waals surface area contributed by atoms with Gasteiger partial charge in [0.2, 0.25) is 0 Å². The molecule has 0 fully saturated rings. The first-order valence-electron chi connectivity index (χ1n) is 39.8. The van der Waals surface area contributed by atoms with Crippen molar-refractivity contribution in [1.82, 2.24) is 99.1 Å². The number of halogens is 2. The van der Waals surface area contributed by atoms with Gasteiger partial charge in [0.25, 0.3) is 92.8 Å². The van der Waals surface area contributed by atoms with Crippen LogP contribution in [-0.4, -0.2) is 199 Å². The zero-order chi connectivity index (χ0) is 98.3. The Morgan fingerprint density at radius 1 is 0.394 bits per heavy atom. The van der Waals surface area contributed by atoms with E-state index in [0.29, 0.717) is 79.4 Å². The van der Waals surface area contributed by atoms with Crippen molar-refractivity contribution in [1.29, 1.82) is 0 Å². The maximum absolute atomic E-state index is 13.3. The number of ketones is 1. The molecule has 50 heteroatoms. The van der Waals surface area contributed by atoms with E-state index < -0.39 is 80.7 Å². The van der Waals surface area contributed by atoms with Crippen molar-refractivity contribution in [2.75, 3.05) is 61.5 Å². The van der Waals surface area contributed by atoms with Crippen LogP contribution in [0, 0.1) is 0 Å². The van der Waals surface area contributed by atoms with Gasteiger partial charge in [-0.25, -0.2) is 39.9 Å². The summed E-state index contributed by atoms with van der Waals surface area (Å²) in [5, 5.41) is 26.6. The number of benzene rings is 3. The summed E-state index contributed by atoms with van der Waals surface area (Å²) < 4.78 is 5.21. The standard InChI is InChI=1S/C21H16N6O4.C17H12ClN3O4.2C13H14N6O2.C11H9NO3.C6H5ClN2O2.C4H5N3.CH4O.CH4.H4N2.H2O/c1-21(10-26-18(29)12-4-2-3-5-13(12)19(26)30)25-17(28)15-7-6-14(20(31)27(15)21)24-16-8-9-22-11-23-16;1-17(19-13(22)12-7-6-11(18)16(25)21(12)17)8-20-14(23)9-4-2-3-5-10(9)15(20)24;2*1-13(6-14)18-11(20)9-3-2-8(12(21)19(9)13)17-10-4-5-15-7-16-10;1-7(13)6-12-10(14)8-4-2-3-5-9(8)11(12)15;7-3-1-2-4(5(8)10)9-6(3)11;5-4-1-2-6-3-7-4;1-2;;1-2;/h2-9,11H,10H2,1H3,(H,25,28)(H,22,23,24);2-7H,8H2,1H3,(H,19,22);2*2-5,7H,6,14H2,1H3,(H,18,20)(H,15,16,17);2-5H,6H2,1H3;1-2H,(H2,8,10)(H,9,11);1-3H,(H2,5,6,7);2H,1H3;1H4;1-2H2;1H2. The minimum atomic E-state index is -1.32. The highest BCUT2D eigenvalue weighted by atomic mass is 35.5. The van der Waals surface area contributed by atoms with E-state index in [-0.39, 0.29) is 119 Å². The first-order valence-corrected chi connectivity index (χ1v) is 40.5. The molecular formula is C87H89Cl2N29O19. The molecule has 710 valence electrons. The highest BCUT2D eigenvalue weighted by Gasteiger charge is 2.49. The van der Waals surface area contributed by atoms with Crippen molar-refractivity contribution >= 4 is 134 Å². The summed E-state index contributed by atoms with van der Waals surface area (Å²) in [6.45, 7) is 7.63. The van der Waals surface area contributed by atoms with Gasteiger partial charge < -0.3 is 75.7 Å². The lowest BCUT2D eigenvalue weighted by Gasteiger charge is -2.31. The van der Waals surface area contributed by atoms with Crippen molar-refractivity contribution in [2.45, 2.75) is 64.7 Å². The molecule has 4 atom stereocenters. The molecule has 0 spiro atoms. The minimum Gasteiger partial charge on any atom is -0.412 e. The summed E-state index contributed by atoms with van der Waals surface area (Å²) in [4.78, 5) is 242. The second kappa shape index (κ2) is 43.8. The Kier molecular flexibility index (Phi) is 33.1. The topological polar surface area (TPSA) is 731 Å². The quantitative estimate of drug-likeness (QED) is 0.0388. The summed E-state index contributed by atoms with van der Waals surface area (Å²) in [5.74, 6) is 4.85. The predicted octanol–water partition coefficient (Wildman–Crippen LogP) is 1.12. The first kappa shape index (κ1) is 103. The van der Waals surface area contributed by atoms with Gasteiger partial charge in [0.15, 0.2) is 0 Å². The van der Waals surface area contributed by atoms with Crippen LogP contribution < -0.4 is 99.6 Å². The SMILES string of the molecule is C.CC(=O)CN1C(=O)c2ccccc2C1=O.CC1(CN)NC(=O)c2ccc(Nc3ccncn3)c(=O)n21.CC1(CN)NC(=O)c2ccc(Nc3ccncn3)c(=O)n21.CC1(CN2C(=O)c3ccccc3C2=O)NC(=O)c2ccc(Cl)c(=O)n21.CC1(CN2C(=O)c3ccccc3C2=O)NC(=O)c2ccc(Nc3ccncn3)c(=O)n21.CO.NC(=O)c1ccc(Cl)c(=O)[nH]1.NN.Nc1ccncn1.O. The van der Waals surface area contributed by atoms with Gasteiger partial charge in [0.05, 0.1) is 53.0 Å². The number of anilines is 7. The van der Waals surface area contributed by atoms with E-state index >= 15 is 0 Å². The number of Topliss-reactive ketones (excluding diaryl/α,β-unsaturated/α-hetero) is 1. The van der Waals surface area contributed by atoms with Crippen LogP contribution in [0.3, 0.4) is 0 Å². The Morgan fingerprint density at radius 2 is 0.679 bits per heavy atom. The molecule has 0 aliphatic carbocycles. The number of imide groups is 3. The van der Waals surface area contributed by atoms with Gasteiger partial charge >= 0.3 is 0 Å². The van der Waals surface area contributed by atoms with E-state index in [4.69, 9.17) is 51.2 Å². The normalized spacial score (nSPS) is 17.2. The number of hydrazine groups is 1. The number of aromatic amines is 1. The number of nitrogens with two attached hydrogens (primary N) is 6. The molecule has 16 heterocycles. The molecule has 7 aliphatic rings. The third-order valence-corrected chi connectivity index (χ3v) is 21.3. The second-order valence-corrected chi connectivity index (χ2v) is 30.8. The van der Waals surface area contributed by atoms with E-state index in [2.05, 4.69) is 93.8 Å². The summed E-state index contributed by atoms with van der Waals surface area (Å²) >= 11 is 11.3. The van der Waals surface area contributed by atoms with Gasteiger partial charge in [-0.3, -0.25) is 126 Å². The second-order valence-electron chi connectivity index (χ2n) is 30.0. The van der Waals surface area contributed by atoms with Gasteiger partial charge in [-0.05, 0) is 156 Å². The van der Waals surface area contributed by atoms with Crippen molar-refractivity contribution in [3.05, 3.63) is 331 Å². The fraction of sp³-hybridized carbons (Fsp3) is 0.184. The number of nitrogens with one attached hydrogen (secondary N) is 8. The first-order chi connectivity index (χ1) is 64.4. The van der Waals surface area contributed by atoms with Crippen molar-refractivity contribution in [3.8, 4) is 0 Å². The molecular weight excluding hydrogens is 1830 g/mol. The van der Waals surface area contributed by atoms with Crippen molar-refractivity contribution in [3.63, 3.8) is 0 Å². The third-order valence-electron chi connectivity index (χ3n) is 20.7. The number of carbonyl (C=O) groups is 12. The lowest BCUT2D eigenvalue weighted by molar-refractivity contribution is -0.117. The predicted molar refractivity (Wildman–Crippen MR) is 496 cm³/mol. The fourth-order valence-corrected chi connectivity index (χ4v) is 14.7. The molecule has 7 aliphatic heterocycles. The van der Waals surface area contributed by atoms with Crippen molar-refractivity contribution in [2.24, 2.45) is 28.9 Å². The Hall–Kier alpha value is -17.3. The van der Waals surface area contributed by atoms with Gasteiger partial charge in [-0.15, -0.1) is 0 Å². The monoisotopic (exact) mass is 1910 g/mol. The van der Waals surface area contributed by atoms with E-state index in [1.807, 2.05) is 0 Å². The number of rotatable bonds is 15. The molecule has 12 aromatic rings. The number of nitrogens with zero attached hydrogens (tertiary/aromatic N) is 15. The number of carbonyl (C=O) groups excluding carboxylic acids is 12. The summed E-state index contributed by atoms with van der Waals surface area (Å²) in [6, 6.07) is 40.8. The van der Waals surface area contributed by atoms with E-state index in [9.17, 15) is 81.5 Å². The largest absolute Gasteiger partial charge is 0.412 e. The number of H-pyrrole nitrogens is 1. The number of hydrogen-bond donors (Lipinski definition) is 15. The van der Waals surface area contributed by atoms with Gasteiger partial charge in [-0.2, -0.15) is 0 Å².